The summed E-state index contributed by atoms with van der Waals surface area (Å²) in [6.07, 6.45) is 5.07. The first kappa shape index (κ1) is 7.51. The maximum absolute atomic E-state index is 7.86. The molecule has 2 aromatic rings. The molecule has 0 fully saturated rings. The minimum absolute atomic E-state index is 0.364. The lowest BCUT2D eigenvalue weighted by molar-refractivity contribution is 0.899. The predicted octanol–water partition coefficient (Wildman–Crippen LogP) is 2.03. The first-order chi connectivity index (χ1) is 7.84. The number of hydrogen-bond donors (Lipinski definition) is 0. The van der Waals surface area contributed by atoms with Crippen LogP contribution in [0.4, 0.5) is 0 Å². The fourth-order valence-electron chi connectivity index (χ4n) is 1.85. The van der Waals surface area contributed by atoms with Crippen molar-refractivity contribution in [3.8, 4) is 11.5 Å². The molecule has 0 N–H and O–H groups in total. The van der Waals surface area contributed by atoms with Crippen LogP contribution in [0.15, 0.2) is 30.6 Å². The number of hydrogen-bond acceptors (Lipinski definition) is 3. The molecule has 15 heavy (non-hydrogen) atoms. The second-order valence-electron chi connectivity index (χ2n) is 3.65. The van der Waals surface area contributed by atoms with Gasteiger partial charge in [0.15, 0.2) is 5.82 Å². The van der Waals surface area contributed by atoms with Gasteiger partial charge in [-0.05, 0) is 37.0 Å². The minimum atomic E-state index is 0.364. The molecule has 0 aromatic carbocycles. The third-order valence-electron chi connectivity index (χ3n) is 2.62. The van der Waals surface area contributed by atoms with Gasteiger partial charge in [0, 0.05) is 18.1 Å². The highest BCUT2D eigenvalue weighted by Crippen LogP contribution is 2.21. The summed E-state index contributed by atoms with van der Waals surface area (Å²) in [4.78, 5) is 12.9. The molecule has 0 amide bonds. The lowest BCUT2D eigenvalue weighted by Gasteiger charge is -2.01. The first-order valence-electron chi connectivity index (χ1n) is 5.62. The summed E-state index contributed by atoms with van der Waals surface area (Å²) in [5.74, 6) is 0.575. The molecule has 0 atom stereocenters. The van der Waals surface area contributed by atoms with Crippen molar-refractivity contribution < 1.29 is 1.37 Å². The molecule has 0 bridgehead atoms. The van der Waals surface area contributed by atoms with Crippen LogP contribution < -0.4 is 0 Å². The van der Waals surface area contributed by atoms with Crippen LogP contribution in [-0.4, -0.2) is 15.0 Å². The average Bonchev–Trinajstić information content (AvgIpc) is 2.79. The van der Waals surface area contributed by atoms with Crippen LogP contribution in [0, 0.1) is 0 Å². The minimum Gasteiger partial charge on any atom is -0.253 e. The quantitative estimate of drug-likeness (QED) is 0.703. The Hall–Kier alpha value is -1.77. The average molecular weight is 198 g/mol. The first-order valence-corrected chi connectivity index (χ1v) is 5.12. The Balaban J connectivity index is 2.13. The van der Waals surface area contributed by atoms with E-state index in [0.29, 0.717) is 12.0 Å². The highest BCUT2D eigenvalue weighted by Gasteiger charge is 2.14. The molecule has 0 spiro atoms. The normalized spacial score (nSPS) is 14.8. The molecular weight excluding hydrogens is 186 g/mol. The molecule has 2 aromatic heterocycles. The Kier molecular flexibility index (Phi) is 1.71. The SMILES string of the molecule is [2H]c1nc(-c2ccccn2)nc2c1CCC2. The summed E-state index contributed by atoms with van der Waals surface area (Å²) < 4.78 is 7.86. The summed E-state index contributed by atoms with van der Waals surface area (Å²) in [5, 5.41) is 0. The number of rotatable bonds is 1. The van der Waals surface area contributed by atoms with Crippen molar-refractivity contribution in [3.05, 3.63) is 41.8 Å². The van der Waals surface area contributed by atoms with E-state index in [2.05, 4.69) is 15.0 Å². The summed E-state index contributed by atoms with van der Waals surface area (Å²) in [6.45, 7) is 0. The second-order valence-corrected chi connectivity index (χ2v) is 3.65. The molecular formula is C12H11N3. The Morgan fingerprint density at radius 3 is 3.07 bits per heavy atom. The Morgan fingerprint density at radius 2 is 2.20 bits per heavy atom. The number of aryl methyl sites for hydroxylation is 1. The highest BCUT2D eigenvalue weighted by molar-refractivity contribution is 5.49. The Morgan fingerprint density at radius 1 is 1.20 bits per heavy atom. The molecule has 74 valence electrons. The van der Waals surface area contributed by atoms with Gasteiger partial charge in [-0.15, -0.1) is 0 Å². The summed E-state index contributed by atoms with van der Waals surface area (Å²) >= 11 is 0. The monoisotopic (exact) mass is 198 g/mol. The molecule has 3 nitrogen and oxygen atoms in total. The number of nitrogens with zero attached hydrogens (tertiary/aromatic N) is 3. The fraction of sp³-hybridized carbons (Fsp3) is 0.250. The predicted molar refractivity (Wildman–Crippen MR) is 57.3 cm³/mol. The van der Waals surface area contributed by atoms with Crippen LogP contribution in [0.25, 0.3) is 11.5 Å². The molecule has 0 aliphatic heterocycles. The zero-order valence-corrected chi connectivity index (χ0v) is 8.27. The van der Waals surface area contributed by atoms with E-state index in [9.17, 15) is 0 Å². The van der Waals surface area contributed by atoms with E-state index in [1.54, 1.807) is 6.20 Å². The van der Waals surface area contributed by atoms with Gasteiger partial charge >= 0.3 is 0 Å². The van der Waals surface area contributed by atoms with Crippen molar-refractivity contribution >= 4 is 0 Å². The van der Waals surface area contributed by atoms with E-state index in [1.165, 1.54) is 0 Å². The second kappa shape index (κ2) is 3.42. The molecule has 3 heteroatoms. The van der Waals surface area contributed by atoms with Gasteiger partial charge < -0.3 is 0 Å². The summed E-state index contributed by atoms with van der Waals surface area (Å²) in [6, 6.07) is 5.64. The van der Waals surface area contributed by atoms with E-state index in [4.69, 9.17) is 1.37 Å². The van der Waals surface area contributed by atoms with Crippen molar-refractivity contribution in [3.63, 3.8) is 0 Å². The third-order valence-corrected chi connectivity index (χ3v) is 2.62. The number of fused-ring (bicyclic) bond motifs is 1. The van der Waals surface area contributed by atoms with E-state index >= 15 is 0 Å². The maximum Gasteiger partial charge on any atom is 0.178 e. The van der Waals surface area contributed by atoms with Gasteiger partial charge in [-0.1, -0.05) is 6.07 Å². The molecule has 0 saturated carbocycles. The van der Waals surface area contributed by atoms with E-state index in [1.807, 2.05) is 18.2 Å². The van der Waals surface area contributed by atoms with Crippen molar-refractivity contribution in [2.75, 3.05) is 0 Å². The zero-order chi connectivity index (χ0) is 11.0. The van der Waals surface area contributed by atoms with Crippen molar-refractivity contribution in [1.82, 2.24) is 15.0 Å². The zero-order valence-electron chi connectivity index (χ0n) is 9.27. The van der Waals surface area contributed by atoms with Gasteiger partial charge in [-0.25, -0.2) is 9.97 Å². The molecule has 0 saturated heterocycles. The van der Waals surface area contributed by atoms with Crippen LogP contribution >= 0.6 is 0 Å². The summed E-state index contributed by atoms with van der Waals surface area (Å²) in [5.41, 5.74) is 2.78. The van der Waals surface area contributed by atoms with Crippen LogP contribution in [0.2, 0.25) is 0 Å². The van der Waals surface area contributed by atoms with Crippen LogP contribution in [0.1, 0.15) is 19.0 Å². The lowest BCUT2D eigenvalue weighted by Crippen LogP contribution is -1.96. The number of pyridine rings is 1. The van der Waals surface area contributed by atoms with Crippen LogP contribution in [0.3, 0.4) is 0 Å². The fourth-order valence-corrected chi connectivity index (χ4v) is 1.85. The van der Waals surface area contributed by atoms with Gasteiger partial charge in [0.2, 0.25) is 0 Å². The van der Waals surface area contributed by atoms with Gasteiger partial charge in [0.25, 0.3) is 0 Å². The molecule has 1 aliphatic rings. The third kappa shape index (κ3) is 1.50. The van der Waals surface area contributed by atoms with Gasteiger partial charge in [0.1, 0.15) is 5.69 Å². The highest BCUT2D eigenvalue weighted by atomic mass is 14.9. The molecule has 0 unspecified atom stereocenters. The standard InChI is InChI=1S/C12H11N3/c1-2-7-13-11(5-1)12-14-8-9-4-3-6-10(9)15-12/h1-2,5,7-8H,3-4,6H2/i8D. The van der Waals surface area contributed by atoms with Crippen LogP contribution in [0.5, 0.6) is 0 Å². The van der Waals surface area contributed by atoms with Crippen molar-refractivity contribution in [1.29, 1.82) is 0 Å². The molecule has 0 radical (unpaired) electrons. The van der Waals surface area contributed by atoms with E-state index in [-0.39, 0.29) is 0 Å². The number of aromatic nitrogens is 3. The largest absolute Gasteiger partial charge is 0.253 e. The van der Waals surface area contributed by atoms with Gasteiger partial charge in [-0.2, -0.15) is 0 Å². The van der Waals surface area contributed by atoms with Gasteiger partial charge in [-0.3, -0.25) is 4.98 Å². The molecule has 3 rings (SSSR count). The van der Waals surface area contributed by atoms with E-state index in [0.717, 1.165) is 36.2 Å². The Bertz CT molecular complexity index is 525. The molecule has 1 aliphatic carbocycles. The summed E-state index contributed by atoms with van der Waals surface area (Å²) in [7, 11) is 0. The smallest absolute Gasteiger partial charge is 0.178 e. The van der Waals surface area contributed by atoms with Crippen molar-refractivity contribution in [2.45, 2.75) is 19.3 Å². The molecule has 2 heterocycles. The van der Waals surface area contributed by atoms with E-state index < -0.39 is 0 Å². The maximum atomic E-state index is 7.86. The van der Waals surface area contributed by atoms with Gasteiger partial charge in [0.05, 0.1) is 1.37 Å². The Labute approximate surface area is 89.6 Å². The lowest BCUT2D eigenvalue weighted by atomic mass is 10.2. The van der Waals surface area contributed by atoms with Crippen molar-refractivity contribution in [2.24, 2.45) is 0 Å². The van der Waals surface area contributed by atoms with Crippen LogP contribution in [-0.2, 0) is 12.8 Å². The topological polar surface area (TPSA) is 38.7 Å².